The van der Waals surface area contributed by atoms with E-state index in [-0.39, 0.29) is 5.91 Å². The van der Waals surface area contributed by atoms with E-state index in [1.54, 1.807) is 11.3 Å². The summed E-state index contributed by atoms with van der Waals surface area (Å²) in [4.78, 5) is 12.8. The molecular weight excluding hydrogens is 416 g/mol. The van der Waals surface area contributed by atoms with Gasteiger partial charge in [0, 0.05) is 33.7 Å². The van der Waals surface area contributed by atoms with E-state index >= 15 is 0 Å². The largest absolute Gasteiger partial charge is 0.380 e. The molecule has 0 aliphatic heterocycles. The fourth-order valence-electron chi connectivity index (χ4n) is 1.86. The number of anilines is 2. The van der Waals surface area contributed by atoms with Crippen molar-refractivity contribution >= 4 is 60.5 Å². The van der Waals surface area contributed by atoms with Crippen LogP contribution in [-0.2, 0) is 11.3 Å². The molecule has 1 aromatic heterocycles. The molecule has 2 rings (SSSR count). The summed E-state index contributed by atoms with van der Waals surface area (Å²) in [7, 11) is 0. The maximum absolute atomic E-state index is 11.5. The van der Waals surface area contributed by atoms with Crippen LogP contribution in [0.3, 0.4) is 0 Å². The minimum absolute atomic E-state index is 0.0290. The zero-order chi connectivity index (χ0) is 15.4. The second kappa shape index (κ2) is 7.42. The Hall–Kier alpha value is -0.850. The molecule has 2 aromatic rings. The van der Waals surface area contributed by atoms with E-state index in [1.807, 2.05) is 32.0 Å². The molecule has 0 aliphatic rings. The second-order valence-electron chi connectivity index (χ2n) is 4.57. The monoisotopic (exact) mass is 430 g/mol. The fraction of sp³-hybridized carbons (Fsp3) is 0.267. The van der Waals surface area contributed by atoms with Gasteiger partial charge < -0.3 is 10.6 Å². The van der Waals surface area contributed by atoms with Crippen molar-refractivity contribution in [2.45, 2.75) is 26.8 Å². The average Bonchev–Trinajstić information content (AvgIpc) is 2.78. The minimum Gasteiger partial charge on any atom is -0.380 e. The molecule has 0 fully saturated rings. The SMILES string of the molecule is CCC(=O)Nc1cccc(NCc2cc(Br)c(Br)s2)c1C. The van der Waals surface area contributed by atoms with Crippen molar-refractivity contribution in [3.05, 3.63) is 43.0 Å². The highest BCUT2D eigenvalue weighted by Gasteiger charge is 2.08. The minimum atomic E-state index is 0.0290. The molecule has 0 saturated heterocycles. The molecule has 0 aliphatic carbocycles. The first-order valence-corrected chi connectivity index (χ1v) is 8.98. The van der Waals surface area contributed by atoms with Crippen molar-refractivity contribution in [3.8, 4) is 0 Å². The van der Waals surface area contributed by atoms with E-state index in [0.717, 1.165) is 31.7 Å². The molecule has 21 heavy (non-hydrogen) atoms. The van der Waals surface area contributed by atoms with Gasteiger partial charge in [-0.1, -0.05) is 13.0 Å². The van der Waals surface area contributed by atoms with Gasteiger partial charge in [0.2, 0.25) is 5.91 Å². The lowest BCUT2D eigenvalue weighted by molar-refractivity contribution is -0.115. The van der Waals surface area contributed by atoms with Crippen molar-refractivity contribution in [3.63, 3.8) is 0 Å². The van der Waals surface area contributed by atoms with Crippen LogP contribution in [0.15, 0.2) is 32.5 Å². The summed E-state index contributed by atoms with van der Waals surface area (Å²) in [5.74, 6) is 0.0290. The van der Waals surface area contributed by atoms with Crippen LogP contribution in [0.4, 0.5) is 11.4 Å². The second-order valence-corrected chi connectivity index (χ2v) is 7.88. The van der Waals surface area contributed by atoms with E-state index < -0.39 is 0 Å². The number of halogens is 2. The zero-order valence-corrected chi connectivity index (χ0v) is 15.8. The first-order valence-electron chi connectivity index (χ1n) is 6.58. The first kappa shape index (κ1) is 16.5. The van der Waals surface area contributed by atoms with Crippen molar-refractivity contribution in [2.24, 2.45) is 0 Å². The Bertz CT molecular complexity index is 636. The van der Waals surface area contributed by atoms with Gasteiger partial charge in [0.05, 0.1) is 3.79 Å². The number of amides is 1. The van der Waals surface area contributed by atoms with Crippen molar-refractivity contribution < 1.29 is 4.79 Å². The van der Waals surface area contributed by atoms with Crippen molar-refractivity contribution in [1.29, 1.82) is 0 Å². The lowest BCUT2D eigenvalue weighted by Crippen LogP contribution is -2.11. The van der Waals surface area contributed by atoms with Crippen LogP contribution in [0, 0.1) is 6.92 Å². The Morgan fingerprint density at radius 1 is 1.29 bits per heavy atom. The number of hydrogen-bond acceptors (Lipinski definition) is 3. The quantitative estimate of drug-likeness (QED) is 0.652. The number of hydrogen-bond donors (Lipinski definition) is 2. The van der Waals surface area contributed by atoms with Gasteiger partial charge in [0.15, 0.2) is 0 Å². The first-order chi connectivity index (χ1) is 10.0. The molecule has 0 unspecified atom stereocenters. The summed E-state index contributed by atoms with van der Waals surface area (Å²) in [5.41, 5.74) is 2.94. The molecular formula is C15H16Br2N2OS. The Morgan fingerprint density at radius 3 is 2.62 bits per heavy atom. The molecule has 3 nitrogen and oxygen atoms in total. The normalized spacial score (nSPS) is 10.5. The number of carbonyl (C=O) groups is 1. The maximum Gasteiger partial charge on any atom is 0.224 e. The Labute approximate surface area is 145 Å². The van der Waals surface area contributed by atoms with E-state index in [1.165, 1.54) is 4.88 Å². The van der Waals surface area contributed by atoms with E-state index in [2.05, 4.69) is 48.6 Å². The molecule has 2 N–H and O–H groups in total. The van der Waals surface area contributed by atoms with Gasteiger partial charge in [-0.2, -0.15) is 0 Å². The summed E-state index contributed by atoms with van der Waals surface area (Å²) in [6.45, 7) is 4.61. The lowest BCUT2D eigenvalue weighted by Gasteiger charge is -2.13. The number of nitrogens with one attached hydrogen (secondary N) is 2. The highest BCUT2D eigenvalue weighted by atomic mass is 79.9. The maximum atomic E-state index is 11.5. The van der Waals surface area contributed by atoms with Gasteiger partial charge in [-0.25, -0.2) is 0 Å². The summed E-state index contributed by atoms with van der Waals surface area (Å²) < 4.78 is 2.17. The molecule has 0 saturated carbocycles. The number of rotatable bonds is 5. The van der Waals surface area contributed by atoms with Crippen LogP contribution in [0.25, 0.3) is 0 Å². The third-order valence-electron chi connectivity index (χ3n) is 3.08. The van der Waals surface area contributed by atoms with Crippen LogP contribution in [0.1, 0.15) is 23.8 Å². The molecule has 112 valence electrons. The predicted octanol–water partition coefficient (Wildman–Crippen LogP) is 5.54. The standard InChI is InChI=1S/C15H16Br2N2OS/c1-3-14(20)19-13-6-4-5-12(9(13)2)18-8-10-7-11(16)15(17)21-10/h4-7,18H,3,8H2,1-2H3,(H,19,20). The summed E-state index contributed by atoms with van der Waals surface area (Å²) in [6, 6.07) is 7.99. The van der Waals surface area contributed by atoms with Gasteiger partial charge in [-0.05, 0) is 62.5 Å². The average molecular weight is 432 g/mol. The molecule has 0 bridgehead atoms. The Balaban J connectivity index is 2.09. The third-order valence-corrected chi connectivity index (χ3v) is 6.33. The molecule has 0 radical (unpaired) electrons. The predicted molar refractivity (Wildman–Crippen MR) is 97.1 cm³/mol. The zero-order valence-electron chi connectivity index (χ0n) is 11.8. The van der Waals surface area contributed by atoms with Gasteiger partial charge in [0.25, 0.3) is 0 Å². The molecule has 1 amide bonds. The molecule has 0 spiro atoms. The summed E-state index contributed by atoms with van der Waals surface area (Å²) in [5, 5.41) is 6.34. The molecule has 1 heterocycles. The Morgan fingerprint density at radius 2 is 2.00 bits per heavy atom. The van der Waals surface area contributed by atoms with E-state index in [0.29, 0.717) is 6.42 Å². The fourth-order valence-corrected chi connectivity index (χ4v) is 3.98. The molecule has 6 heteroatoms. The number of benzene rings is 1. The highest BCUT2D eigenvalue weighted by Crippen LogP contribution is 2.33. The number of thiophene rings is 1. The van der Waals surface area contributed by atoms with Crippen LogP contribution in [0.5, 0.6) is 0 Å². The van der Waals surface area contributed by atoms with Crippen LogP contribution in [-0.4, -0.2) is 5.91 Å². The van der Waals surface area contributed by atoms with E-state index in [4.69, 9.17) is 0 Å². The van der Waals surface area contributed by atoms with Crippen LogP contribution < -0.4 is 10.6 Å². The van der Waals surface area contributed by atoms with Crippen LogP contribution in [0.2, 0.25) is 0 Å². The highest BCUT2D eigenvalue weighted by molar-refractivity contribution is 9.13. The summed E-state index contributed by atoms with van der Waals surface area (Å²) >= 11 is 8.69. The van der Waals surface area contributed by atoms with Crippen molar-refractivity contribution in [1.82, 2.24) is 0 Å². The third kappa shape index (κ3) is 4.31. The van der Waals surface area contributed by atoms with E-state index in [9.17, 15) is 4.79 Å². The van der Waals surface area contributed by atoms with Gasteiger partial charge in [-0.15, -0.1) is 11.3 Å². The number of carbonyl (C=O) groups excluding carboxylic acids is 1. The van der Waals surface area contributed by atoms with Gasteiger partial charge in [0.1, 0.15) is 0 Å². The molecule has 1 aromatic carbocycles. The lowest BCUT2D eigenvalue weighted by atomic mass is 10.1. The Kier molecular flexibility index (Phi) is 5.84. The van der Waals surface area contributed by atoms with Crippen molar-refractivity contribution in [2.75, 3.05) is 10.6 Å². The van der Waals surface area contributed by atoms with Crippen LogP contribution >= 0.6 is 43.2 Å². The molecule has 0 atom stereocenters. The van der Waals surface area contributed by atoms with Gasteiger partial charge >= 0.3 is 0 Å². The summed E-state index contributed by atoms with van der Waals surface area (Å²) in [6.07, 6.45) is 0.481. The van der Waals surface area contributed by atoms with Gasteiger partial charge in [-0.3, -0.25) is 4.79 Å². The topological polar surface area (TPSA) is 41.1 Å². The smallest absolute Gasteiger partial charge is 0.224 e.